The average molecular weight is 424 g/mol. The van der Waals surface area contributed by atoms with Crippen molar-refractivity contribution in [1.29, 1.82) is 0 Å². The Morgan fingerprint density at radius 1 is 1.21 bits per heavy atom. The molecule has 160 valence electrons. The van der Waals surface area contributed by atoms with Gasteiger partial charge >= 0.3 is 5.76 Å². The van der Waals surface area contributed by atoms with Crippen LogP contribution in [0.25, 0.3) is 11.1 Å². The summed E-state index contributed by atoms with van der Waals surface area (Å²) >= 11 is 0. The van der Waals surface area contributed by atoms with E-state index in [1.807, 2.05) is 13.8 Å². The smallest absolute Gasteiger partial charge is 0.408 e. The topological polar surface area (TPSA) is 102 Å². The third-order valence-corrected chi connectivity index (χ3v) is 7.24. The summed E-state index contributed by atoms with van der Waals surface area (Å²) < 4.78 is 34.3. The molecule has 0 bridgehead atoms. The van der Waals surface area contributed by atoms with Gasteiger partial charge in [0, 0.05) is 38.7 Å². The second-order valence-corrected chi connectivity index (χ2v) is 9.49. The van der Waals surface area contributed by atoms with E-state index in [1.165, 1.54) is 21.0 Å². The number of oxazole rings is 1. The zero-order chi connectivity index (χ0) is 21.0. The van der Waals surface area contributed by atoms with Crippen LogP contribution >= 0.6 is 0 Å². The molecule has 1 amide bonds. The fourth-order valence-corrected chi connectivity index (χ4v) is 5.23. The van der Waals surface area contributed by atoms with Crippen LogP contribution in [-0.4, -0.2) is 42.8 Å². The first-order chi connectivity index (χ1) is 13.9. The number of nitrogens with one attached hydrogen (secondary N) is 1. The van der Waals surface area contributed by atoms with Gasteiger partial charge in [0.25, 0.3) is 0 Å². The van der Waals surface area contributed by atoms with Crippen LogP contribution in [-0.2, 0) is 21.4 Å². The first-order valence-electron chi connectivity index (χ1n) is 10.3. The van der Waals surface area contributed by atoms with Gasteiger partial charge in [0.2, 0.25) is 15.9 Å². The van der Waals surface area contributed by atoms with Crippen molar-refractivity contribution in [1.82, 2.24) is 14.2 Å². The van der Waals surface area contributed by atoms with Crippen LogP contribution in [0, 0.1) is 5.92 Å². The van der Waals surface area contributed by atoms with Gasteiger partial charge in [0.1, 0.15) is 0 Å². The second-order valence-electron chi connectivity index (χ2n) is 7.55. The normalized spacial score (nSPS) is 16.3. The van der Waals surface area contributed by atoms with Gasteiger partial charge in [0.15, 0.2) is 5.58 Å². The molecular formula is C20H29N3O5S. The van der Waals surface area contributed by atoms with Crippen molar-refractivity contribution in [3.8, 4) is 0 Å². The number of piperidine rings is 1. The molecule has 1 saturated heterocycles. The molecule has 0 radical (unpaired) electrons. The number of amides is 1. The Kier molecular flexibility index (Phi) is 6.79. The molecule has 1 fully saturated rings. The Bertz CT molecular complexity index is 1020. The summed E-state index contributed by atoms with van der Waals surface area (Å²) in [5.74, 6) is -0.245. The molecule has 0 spiro atoms. The SMILES string of the molecule is CCCNC(=O)CC1CCN(S(=O)(=O)c2ccc3c(c2)oc(=O)n3CCC)CC1. The number of rotatable bonds is 8. The van der Waals surface area contributed by atoms with Gasteiger partial charge in [-0.25, -0.2) is 13.2 Å². The average Bonchev–Trinajstić information content (AvgIpc) is 3.01. The quantitative estimate of drug-likeness (QED) is 0.702. The molecule has 1 aromatic heterocycles. The third kappa shape index (κ3) is 4.72. The highest BCUT2D eigenvalue weighted by atomic mass is 32.2. The van der Waals surface area contributed by atoms with E-state index in [0.717, 1.165) is 12.8 Å². The predicted octanol–water partition coefficient (Wildman–Crippen LogP) is 2.32. The highest BCUT2D eigenvalue weighted by Gasteiger charge is 2.30. The van der Waals surface area contributed by atoms with Crippen molar-refractivity contribution in [3.05, 3.63) is 28.7 Å². The molecular weight excluding hydrogens is 394 g/mol. The summed E-state index contributed by atoms with van der Waals surface area (Å²) in [7, 11) is -3.67. The molecule has 29 heavy (non-hydrogen) atoms. The molecule has 0 saturated carbocycles. The van der Waals surface area contributed by atoms with Crippen molar-refractivity contribution in [2.45, 2.75) is 57.4 Å². The number of carbonyl (C=O) groups is 1. The maximum Gasteiger partial charge on any atom is 0.419 e. The van der Waals surface area contributed by atoms with E-state index in [9.17, 15) is 18.0 Å². The minimum atomic E-state index is -3.67. The van der Waals surface area contributed by atoms with Crippen LogP contribution in [0.2, 0.25) is 0 Å². The molecule has 1 aliphatic heterocycles. The highest BCUT2D eigenvalue weighted by Crippen LogP contribution is 2.27. The number of fused-ring (bicyclic) bond motifs is 1. The molecule has 0 atom stereocenters. The second kappa shape index (κ2) is 9.13. The summed E-state index contributed by atoms with van der Waals surface area (Å²) in [5, 5.41) is 2.87. The maximum atomic E-state index is 13.0. The number of hydrogen-bond acceptors (Lipinski definition) is 5. The third-order valence-electron chi connectivity index (χ3n) is 5.34. The lowest BCUT2D eigenvalue weighted by Crippen LogP contribution is -2.39. The van der Waals surface area contributed by atoms with E-state index >= 15 is 0 Å². The summed E-state index contributed by atoms with van der Waals surface area (Å²) in [5.41, 5.74) is 0.889. The number of carbonyl (C=O) groups excluding carboxylic acids is 1. The van der Waals surface area contributed by atoms with Gasteiger partial charge in [-0.3, -0.25) is 9.36 Å². The molecule has 2 aromatic rings. The van der Waals surface area contributed by atoms with Crippen LogP contribution in [0.1, 0.15) is 46.0 Å². The summed E-state index contributed by atoms with van der Waals surface area (Å²) in [6.45, 7) is 5.92. The maximum absolute atomic E-state index is 13.0. The lowest BCUT2D eigenvalue weighted by Gasteiger charge is -2.31. The van der Waals surface area contributed by atoms with E-state index in [0.29, 0.717) is 51.0 Å². The molecule has 0 aliphatic carbocycles. The molecule has 1 aromatic carbocycles. The Labute approximate surface area is 170 Å². The van der Waals surface area contributed by atoms with Crippen molar-refractivity contribution in [2.24, 2.45) is 5.92 Å². The standard InChI is InChI=1S/C20H29N3O5S/c1-3-9-21-19(24)13-15-7-11-22(12-8-15)29(26,27)16-5-6-17-18(14-16)28-20(25)23(17)10-4-2/h5-6,14-15H,3-4,7-13H2,1-2H3,(H,21,24). The van der Waals surface area contributed by atoms with Crippen molar-refractivity contribution in [3.63, 3.8) is 0 Å². The van der Waals surface area contributed by atoms with Crippen LogP contribution in [0.5, 0.6) is 0 Å². The lowest BCUT2D eigenvalue weighted by atomic mass is 9.94. The predicted molar refractivity (Wildman–Crippen MR) is 110 cm³/mol. The highest BCUT2D eigenvalue weighted by molar-refractivity contribution is 7.89. The summed E-state index contributed by atoms with van der Waals surface area (Å²) in [6.07, 6.45) is 3.43. The molecule has 1 N–H and O–H groups in total. The van der Waals surface area contributed by atoms with Gasteiger partial charge in [0.05, 0.1) is 10.4 Å². The van der Waals surface area contributed by atoms with E-state index in [-0.39, 0.29) is 22.3 Å². The molecule has 0 unspecified atom stereocenters. The Balaban J connectivity index is 1.70. The fourth-order valence-electron chi connectivity index (χ4n) is 3.74. The summed E-state index contributed by atoms with van der Waals surface area (Å²) in [6, 6.07) is 4.60. The molecule has 2 heterocycles. The number of aromatic nitrogens is 1. The van der Waals surface area contributed by atoms with E-state index < -0.39 is 15.8 Å². The monoisotopic (exact) mass is 423 g/mol. The Hall–Kier alpha value is -2.13. The molecule has 3 rings (SSSR count). The van der Waals surface area contributed by atoms with Crippen LogP contribution < -0.4 is 11.1 Å². The molecule has 9 heteroatoms. The van der Waals surface area contributed by atoms with Crippen molar-refractivity contribution < 1.29 is 17.6 Å². The lowest BCUT2D eigenvalue weighted by molar-refractivity contribution is -0.122. The Morgan fingerprint density at radius 2 is 1.93 bits per heavy atom. The zero-order valence-corrected chi connectivity index (χ0v) is 17.8. The van der Waals surface area contributed by atoms with Gasteiger partial charge < -0.3 is 9.73 Å². The number of sulfonamides is 1. The Morgan fingerprint density at radius 3 is 2.59 bits per heavy atom. The fraction of sp³-hybridized carbons (Fsp3) is 0.600. The largest absolute Gasteiger partial charge is 0.419 e. The first-order valence-corrected chi connectivity index (χ1v) is 11.7. The number of hydrogen-bond donors (Lipinski definition) is 1. The zero-order valence-electron chi connectivity index (χ0n) is 17.0. The van der Waals surface area contributed by atoms with E-state index in [4.69, 9.17) is 4.42 Å². The summed E-state index contributed by atoms with van der Waals surface area (Å²) in [4.78, 5) is 24.0. The van der Waals surface area contributed by atoms with Gasteiger partial charge in [-0.1, -0.05) is 13.8 Å². The minimum Gasteiger partial charge on any atom is -0.408 e. The number of benzene rings is 1. The van der Waals surface area contributed by atoms with Gasteiger partial charge in [-0.2, -0.15) is 4.31 Å². The molecule has 1 aliphatic rings. The van der Waals surface area contributed by atoms with E-state index in [2.05, 4.69) is 5.32 Å². The van der Waals surface area contributed by atoms with Crippen LogP contribution in [0.3, 0.4) is 0 Å². The number of aryl methyl sites for hydroxylation is 1. The number of nitrogens with zero attached hydrogens (tertiary/aromatic N) is 2. The minimum absolute atomic E-state index is 0.0326. The van der Waals surface area contributed by atoms with Crippen molar-refractivity contribution >= 4 is 27.0 Å². The van der Waals surface area contributed by atoms with Crippen LogP contribution in [0.15, 0.2) is 32.3 Å². The van der Waals surface area contributed by atoms with E-state index in [1.54, 1.807) is 6.07 Å². The van der Waals surface area contributed by atoms with Crippen molar-refractivity contribution in [2.75, 3.05) is 19.6 Å². The first kappa shape index (κ1) is 21.6. The molecule has 8 nitrogen and oxygen atoms in total. The van der Waals surface area contributed by atoms with Gasteiger partial charge in [-0.05, 0) is 43.7 Å². The van der Waals surface area contributed by atoms with Crippen LogP contribution in [0.4, 0.5) is 0 Å². The van der Waals surface area contributed by atoms with Gasteiger partial charge in [-0.15, -0.1) is 0 Å².